The number of phenols is 1. The molecule has 0 bridgehead atoms. The van der Waals surface area contributed by atoms with E-state index in [4.69, 9.17) is 0 Å². The molecule has 0 radical (unpaired) electrons. The standard InChI is InChI=1S/C18H23N9O/c1-11(2)20-13-6-7-27(10-13)18-19-9-15(21-23-18)14-5-4-12(8-16(14)28)17-22-25-26(3)24-17/h4-5,8-9,11,13,20,28H,6-7,10H2,1-3H3. The van der Waals surface area contributed by atoms with Crippen LogP contribution >= 0.6 is 0 Å². The number of rotatable bonds is 5. The first-order valence-corrected chi connectivity index (χ1v) is 9.28. The first-order valence-electron chi connectivity index (χ1n) is 9.28. The van der Waals surface area contributed by atoms with E-state index in [0.29, 0.717) is 40.7 Å². The highest BCUT2D eigenvalue weighted by molar-refractivity contribution is 5.71. The summed E-state index contributed by atoms with van der Waals surface area (Å²) in [6.45, 7) is 6.06. The maximum Gasteiger partial charge on any atom is 0.245 e. The molecule has 1 atom stereocenters. The lowest BCUT2D eigenvalue weighted by molar-refractivity contribution is 0.477. The number of tetrazole rings is 1. The number of hydrogen-bond acceptors (Lipinski definition) is 9. The Morgan fingerprint density at radius 1 is 1.21 bits per heavy atom. The number of phenolic OH excluding ortho intramolecular Hbond substituents is 1. The Morgan fingerprint density at radius 3 is 2.71 bits per heavy atom. The third-order valence-electron chi connectivity index (χ3n) is 4.63. The molecule has 4 rings (SSSR count). The highest BCUT2D eigenvalue weighted by atomic mass is 16.3. The Bertz CT molecular complexity index is 954. The highest BCUT2D eigenvalue weighted by Gasteiger charge is 2.25. The van der Waals surface area contributed by atoms with Crippen molar-refractivity contribution in [2.75, 3.05) is 18.0 Å². The minimum atomic E-state index is 0.0659. The second-order valence-electron chi connectivity index (χ2n) is 7.23. The largest absolute Gasteiger partial charge is 0.507 e. The van der Waals surface area contributed by atoms with Gasteiger partial charge in [0.05, 0.1) is 13.2 Å². The van der Waals surface area contributed by atoms with E-state index >= 15 is 0 Å². The fourth-order valence-electron chi connectivity index (χ4n) is 3.37. The van der Waals surface area contributed by atoms with Crippen molar-refractivity contribution < 1.29 is 5.11 Å². The average molecular weight is 381 g/mol. The molecule has 1 unspecified atom stereocenters. The minimum Gasteiger partial charge on any atom is -0.507 e. The summed E-state index contributed by atoms with van der Waals surface area (Å²) in [5.41, 5.74) is 1.74. The Hall–Kier alpha value is -3.14. The SMILES string of the molecule is CC(C)NC1CCN(c2ncc(-c3ccc(-c4nnn(C)n4)cc3O)nn2)C1. The molecule has 146 valence electrons. The summed E-state index contributed by atoms with van der Waals surface area (Å²) in [6, 6.07) is 6.05. The molecule has 0 saturated carbocycles. The van der Waals surface area contributed by atoms with Crippen LogP contribution in [0.3, 0.4) is 0 Å². The van der Waals surface area contributed by atoms with Crippen LogP contribution in [-0.4, -0.2) is 65.7 Å². The number of anilines is 1. The van der Waals surface area contributed by atoms with Crippen molar-refractivity contribution >= 4 is 5.95 Å². The molecule has 28 heavy (non-hydrogen) atoms. The molecule has 1 saturated heterocycles. The van der Waals surface area contributed by atoms with Gasteiger partial charge in [-0.2, -0.15) is 4.80 Å². The van der Waals surface area contributed by atoms with Crippen LogP contribution in [0.15, 0.2) is 24.4 Å². The summed E-state index contributed by atoms with van der Waals surface area (Å²) >= 11 is 0. The third-order valence-corrected chi connectivity index (χ3v) is 4.63. The van der Waals surface area contributed by atoms with Crippen molar-refractivity contribution in [2.24, 2.45) is 7.05 Å². The molecule has 2 aromatic heterocycles. The van der Waals surface area contributed by atoms with Crippen molar-refractivity contribution in [1.82, 2.24) is 40.7 Å². The molecule has 1 aliphatic heterocycles. The van der Waals surface area contributed by atoms with Gasteiger partial charge in [-0.3, -0.25) is 0 Å². The molecule has 1 fully saturated rings. The number of hydrogen-bond donors (Lipinski definition) is 2. The van der Waals surface area contributed by atoms with E-state index in [0.717, 1.165) is 19.5 Å². The Morgan fingerprint density at radius 2 is 2.07 bits per heavy atom. The molecule has 3 heterocycles. The molecule has 2 N–H and O–H groups in total. The monoisotopic (exact) mass is 381 g/mol. The van der Waals surface area contributed by atoms with Crippen LogP contribution in [0.25, 0.3) is 22.6 Å². The van der Waals surface area contributed by atoms with E-state index in [-0.39, 0.29) is 5.75 Å². The second-order valence-corrected chi connectivity index (χ2v) is 7.23. The van der Waals surface area contributed by atoms with Gasteiger partial charge in [-0.05, 0) is 23.8 Å². The van der Waals surface area contributed by atoms with Gasteiger partial charge in [-0.1, -0.05) is 19.9 Å². The van der Waals surface area contributed by atoms with Crippen molar-refractivity contribution in [2.45, 2.75) is 32.4 Å². The van der Waals surface area contributed by atoms with Gasteiger partial charge in [0.2, 0.25) is 11.8 Å². The fraction of sp³-hybridized carbons (Fsp3) is 0.444. The molecule has 1 aliphatic rings. The van der Waals surface area contributed by atoms with Crippen molar-refractivity contribution in [3.8, 4) is 28.4 Å². The van der Waals surface area contributed by atoms with Crippen molar-refractivity contribution in [3.63, 3.8) is 0 Å². The lowest BCUT2D eigenvalue weighted by Crippen LogP contribution is -2.37. The number of aromatic hydroxyl groups is 1. The minimum absolute atomic E-state index is 0.0659. The normalized spacial score (nSPS) is 16.9. The van der Waals surface area contributed by atoms with E-state index in [9.17, 15) is 5.11 Å². The molecule has 10 nitrogen and oxygen atoms in total. The predicted molar refractivity (Wildman–Crippen MR) is 104 cm³/mol. The smallest absolute Gasteiger partial charge is 0.245 e. The number of nitrogens with zero attached hydrogens (tertiary/aromatic N) is 8. The predicted octanol–water partition coefficient (Wildman–Crippen LogP) is 1.01. The number of aromatic nitrogens is 7. The summed E-state index contributed by atoms with van der Waals surface area (Å²) < 4.78 is 0. The molecule has 0 spiro atoms. The average Bonchev–Trinajstić information content (AvgIpc) is 3.30. The number of benzene rings is 1. The van der Waals surface area contributed by atoms with Gasteiger partial charge in [-0.15, -0.1) is 20.4 Å². The number of nitrogens with one attached hydrogen (secondary N) is 1. The van der Waals surface area contributed by atoms with Gasteiger partial charge in [0, 0.05) is 36.3 Å². The maximum absolute atomic E-state index is 10.4. The van der Waals surface area contributed by atoms with Crippen LogP contribution in [0, 0.1) is 0 Å². The van der Waals surface area contributed by atoms with Crippen LogP contribution in [0.4, 0.5) is 5.95 Å². The van der Waals surface area contributed by atoms with E-state index < -0.39 is 0 Å². The van der Waals surface area contributed by atoms with E-state index in [1.165, 1.54) is 4.80 Å². The van der Waals surface area contributed by atoms with Gasteiger partial charge >= 0.3 is 0 Å². The molecule has 1 aromatic carbocycles. The quantitative estimate of drug-likeness (QED) is 0.667. The zero-order valence-electron chi connectivity index (χ0n) is 16.1. The summed E-state index contributed by atoms with van der Waals surface area (Å²) in [5, 5.41) is 34.4. The van der Waals surface area contributed by atoms with Gasteiger partial charge in [0.25, 0.3) is 0 Å². The van der Waals surface area contributed by atoms with Crippen LogP contribution in [0.1, 0.15) is 20.3 Å². The van der Waals surface area contributed by atoms with E-state index in [1.807, 2.05) is 6.07 Å². The maximum atomic E-state index is 10.4. The van der Waals surface area contributed by atoms with Gasteiger partial charge in [-0.25, -0.2) is 4.98 Å². The van der Waals surface area contributed by atoms with Crippen LogP contribution in [0.5, 0.6) is 5.75 Å². The molecule has 0 amide bonds. The van der Waals surface area contributed by atoms with Crippen LogP contribution < -0.4 is 10.2 Å². The lowest BCUT2D eigenvalue weighted by Gasteiger charge is -2.18. The summed E-state index contributed by atoms with van der Waals surface area (Å²) in [4.78, 5) is 7.94. The zero-order chi connectivity index (χ0) is 19.7. The molecular weight excluding hydrogens is 358 g/mol. The second kappa shape index (κ2) is 7.47. The summed E-state index contributed by atoms with van der Waals surface area (Å²) in [7, 11) is 1.69. The first kappa shape index (κ1) is 18.2. The van der Waals surface area contributed by atoms with Gasteiger partial charge in [0.1, 0.15) is 11.4 Å². The van der Waals surface area contributed by atoms with Crippen LogP contribution in [0.2, 0.25) is 0 Å². The topological polar surface area (TPSA) is 118 Å². The van der Waals surface area contributed by atoms with Crippen molar-refractivity contribution in [3.05, 3.63) is 24.4 Å². The van der Waals surface area contributed by atoms with E-state index in [1.54, 1.807) is 25.4 Å². The lowest BCUT2D eigenvalue weighted by atomic mass is 10.1. The summed E-state index contributed by atoms with van der Waals surface area (Å²) in [5.74, 6) is 1.12. The fourth-order valence-corrected chi connectivity index (χ4v) is 3.37. The third kappa shape index (κ3) is 3.77. The first-order chi connectivity index (χ1) is 13.5. The van der Waals surface area contributed by atoms with Gasteiger partial charge in [0.15, 0.2) is 0 Å². The molecule has 10 heteroatoms. The molecular formula is C18H23N9O. The summed E-state index contributed by atoms with van der Waals surface area (Å²) in [6.07, 6.45) is 2.70. The number of aryl methyl sites for hydroxylation is 1. The van der Waals surface area contributed by atoms with Crippen LogP contribution in [-0.2, 0) is 7.05 Å². The Balaban J connectivity index is 1.50. The zero-order valence-corrected chi connectivity index (χ0v) is 16.1. The Kier molecular flexibility index (Phi) is 4.86. The highest BCUT2D eigenvalue weighted by Crippen LogP contribution is 2.31. The molecule has 0 aliphatic carbocycles. The van der Waals surface area contributed by atoms with Gasteiger partial charge < -0.3 is 15.3 Å². The Labute approximate surface area is 162 Å². The van der Waals surface area contributed by atoms with E-state index in [2.05, 4.69) is 54.7 Å². The molecule has 3 aromatic rings. The van der Waals surface area contributed by atoms with Crippen molar-refractivity contribution in [1.29, 1.82) is 0 Å².